The SMILES string of the molecule is O=C(COCc1ccccc1)NCCNc1nc(-c2ccc(F)cc2)nc2cc(Cl)ccc12. The molecule has 4 rings (SSSR count). The van der Waals surface area contributed by atoms with Crippen LogP contribution in [0.2, 0.25) is 5.02 Å². The second kappa shape index (κ2) is 10.8. The number of anilines is 1. The Kier molecular flexibility index (Phi) is 7.44. The number of carbonyl (C=O) groups excluding carboxylic acids is 1. The Bertz CT molecular complexity index is 1240. The molecule has 0 radical (unpaired) electrons. The molecule has 0 spiro atoms. The lowest BCUT2D eigenvalue weighted by Crippen LogP contribution is -2.31. The van der Waals surface area contributed by atoms with Crippen LogP contribution in [0.15, 0.2) is 72.8 Å². The van der Waals surface area contributed by atoms with Crippen molar-refractivity contribution in [2.75, 3.05) is 25.0 Å². The number of rotatable bonds is 9. The highest BCUT2D eigenvalue weighted by Gasteiger charge is 2.10. The first-order chi connectivity index (χ1) is 16.1. The third kappa shape index (κ3) is 6.25. The number of benzene rings is 3. The highest BCUT2D eigenvalue weighted by molar-refractivity contribution is 6.31. The maximum Gasteiger partial charge on any atom is 0.246 e. The number of hydrogen-bond acceptors (Lipinski definition) is 5. The van der Waals surface area contributed by atoms with Crippen molar-refractivity contribution in [1.82, 2.24) is 15.3 Å². The maximum absolute atomic E-state index is 13.3. The van der Waals surface area contributed by atoms with Gasteiger partial charge in [0.05, 0.1) is 12.1 Å². The minimum absolute atomic E-state index is 0.0153. The van der Waals surface area contributed by atoms with Crippen LogP contribution in [0.25, 0.3) is 22.3 Å². The van der Waals surface area contributed by atoms with Crippen molar-refractivity contribution in [2.45, 2.75) is 6.61 Å². The van der Waals surface area contributed by atoms with Gasteiger partial charge in [0.2, 0.25) is 5.91 Å². The standard InChI is InChI=1S/C25H22ClFN4O2/c26-19-8-11-21-22(14-19)30-24(18-6-9-20(27)10-7-18)31-25(21)29-13-12-28-23(32)16-33-15-17-4-2-1-3-5-17/h1-11,14H,12-13,15-16H2,(H,28,32)(H,29,30,31). The third-order valence-corrected chi connectivity index (χ3v) is 5.08. The van der Waals surface area contributed by atoms with Crippen LogP contribution in [0.5, 0.6) is 0 Å². The molecule has 168 valence electrons. The van der Waals surface area contributed by atoms with E-state index in [-0.39, 0.29) is 18.3 Å². The van der Waals surface area contributed by atoms with E-state index in [0.29, 0.717) is 47.4 Å². The molecule has 3 aromatic carbocycles. The Morgan fingerprint density at radius 2 is 1.76 bits per heavy atom. The van der Waals surface area contributed by atoms with Crippen molar-refractivity contribution in [3.05, 3.63) is 89.2 Å². The number of nitrogens with one attached hydrogen (secondary N) is 2. The summed E-state index contributed by atoms with van der Waals surface area (Å²) >= 11 is 6.14. The maximum atomic E-state index is 13.3. The molecule has 1 aromatic heterocycles. The Balaban J connectivity index is 1.36. The zero-order chi connectivity index (χ0) is 23.0. The fraction of sp³-hybridized carbons (Fsp3) is 0.160. The fourth-order valence-corrected chi connectivity index (χ4v) is 3.40. The quantitative estimate of drug-likeness (QED) is 0.347. The molecule has 4 aromatic rings. The van der Waals surface area contributed by atoms with Crippen molar-refractivity contribution < 1.29 is 13.9 Å². The Labute approximate surface area is 195 Å². The lowest BCUT2D eigenvalue weighted by Gasteiger charge is -2.12. The van der Waals surface area contributed by atoms with Gasteiger partial charge < -0.3 is 15.4 Å². The highest BCUT2D eigenvalue weighted by Crippen LogP contribution is 2.27. The molecule has 0 aliphatic heterocycles. The number of carbonyl (C=O) groups is 1. The van der Waals surface area contributed by atoms with Gasteiger partial charge in [-0.2, -0.15) is 0 Å². The van der Waals surface area contributed by atoms with Gasteiger partial charge >= 0.3 is 0 Å². The Morgan fingerprint density at radius 3 is 2.55 bits per heavy atom. The summed E-state index contributed by atoms with van der Waals surface area (Å²) in [6.07, 6.45) is 0. The molecule has 0 fully saturated rings. The van der Waals surface area contributed by atoms with E-state index in [1.54, 1.807) is 24.3 Å². The van der Waals surface area contributed by atoms with Gasteiger partial charge in [-0.05, 0) is 48.0 Å². The fourth-order valence-electron chi connectivity index (χ4n) is 3.24. The molecule has 0 bridgehead atoms. The molecular weight excluding hydrogens is 443 g/mol. The molecule has 0 saturated heterocycles. The summed E-state index contributed by atoms with van der Waals surface area (Å²) < 4.78 is 18.8. The smallest absolute Gasteiger partial charge is 0.246 e. The van der Waals surface area contributed by atoms with Crippen LogP contribution < -0.4 is 10.6 Å². The zero-order valence-electron chi connectivity index (χ0n) is 17.7. The number of aromatic nitrogens is 2. The van der Waals surface area contributed by atoms with Crippen LogP contribution in [-0.2, 0) is 16.1 Å². The van der Waals surface area contributed by atoms with Gasteiger partial charge in [-0.15, -0.1) is 0 Å². The first kappa shape index (κ1) is 22.6. The Hall–Kier alpha value is -3.55. The lowest BCUT2D eigenvalue weighted by molar-refractivity contribution is -0.126. The summed E-state index contributed by atoms with van der Waals surface area (Å²) in [4.78, 5) is 21.2. The topological polar surface area (TPSA) is 76.1 Å². The predicted octanol–water partition coefficient (Wildman–Crippen LogP) is 4.83. The van der Waals surface area contributed by atoms with Gasteiger partial charge in [-0.3, -0.25) is 4.79 Å². The number of halogens is 2. The van der Waals surface area contributed by atoms with E-state index in [2.05, 4.69) is 20.6 Å². The van der Waals surface area contributed by atoms with E-state index in [9.17, 15) is 9.18 Å². The normalized spacial score (nSPS) is 10.8. The number of fused-ring (bicyclic) bond motifs is 1. The molecular formula is C25H22ClFN4O2. The summed E-state index contributed by atoms with van der Waals surface area (Å²) in [5.41, 5.74) is 2.36. The summed E-state index contributed by atoms with van der Waals surface area (Å²) in [6, 6.07) is 21.0. The van der Waals surface area contributed by atoms with E-state index in [1.807, 2.05) is 36.4 Å². The molecule has 6 nitrogen and oxygen atoms in total. The predicted molar refractivity (Wildman–Crippen MR) is 128 cm³/mol. The van der Waals surface area contributed by atoms with E-state index in [4.69, 9.17) is 16.3 Å². The van der Waals surface area contributed by atoms with E-state index >= 15 is 0 Å². The average Bonchev–Trinajstić information content (AvgIpc) is 2.82. The van der Waals surface area contributed by atoms with Crippen LogP contribution in [0.1, 0.15) is 5.56 Å². The third-order valence-electron chi connectivity index (χ3n) is 4.85. The molecule has 0 saturated carbocycles. The van der Waals surface area contributed by atoms with Gasteiger partial charge in [0.1, 0.15) is 18.2 Å². The molecule has 0 aliphatic carbocycles. The van der Waals surface area contributed by atoms with Gasteiger partial charge in [-0.1, -0.05) is 41.9 Å². The molecule has 8 heteroatoms. The van der Waals surface area contributed by atoms with Crippen molar-refractivity contribution in [1.29, 1.82) is 0 Å². The highest BCUT2D eigenvalue weighted by atomic mass is 35.5. The van der Waals surface area contributed by atoms with Crippen molar-refractivity contribution >= 4 is 34.2 Å². The van der Waals surface area contributed by atoms with Crippen LogP contribution in [0.3, 0.4) is 0 Å². The molecule has 0 atom stereocenters. The number of amides is 1. The largest absolute Gasteiger partial charge is 0.368 e. The molecule has 33 heavy (non-hydrogen) atoms. The van der Waals surface area contributed by atoms with Crippen LogP contribution in [-0.4, -0.2) is 35.6 Å². The molecule has 1 amide bonds. The number of ether oxygens (including phenoxy) is 1. The molecule has 0 unspecified atom stereocenters. The summed E-state index contributed by atoms with van der Waals surface area (Å²) in [7, 11) is 0. The molecule has 1 heterocycles. The van der Waals surface area contributed by atoms with Crippen molar-refractivity contribution in [3.8, 4) is 11.4 Å². The van der Waals surface area contributed by atoms with Crippen molar-refractivity contribution in [2.24, 2.45) is 0 Å². The van der Waals surface area contributed by atoms with Crippen LogP contribution in [0, 0.1) is 5.82 Å². The number of nitrogens with zero attached hydrogens (tertiary/aromatic N) is 2. The van der Waals surface area contributed by atoms with Gasteiger partial charge in [0.25, 0.3) is 0 Å². The van der Waals surface area contributed by atoms with Crippen LogP contribution in [0.4, 0.5) is 10.2 Å². The van der Waals surface area contributed by atoms with E-state index in [1.165, 1.54) is 12.1 Å². The minimum atomic E-state index is -0.329. The average molecular weight is 465 g/mol. The Morgan fingerprint density at radius 1 is 0.970 bits per heavy atom. The number of hydrogen-bond donors (Lipinski definition) is 2. The van der Waals surface area contributed by atoms with Gasteiger partial charge in [0, 0.05) is 29.1 Å². The summed E-state index contributed by atoms with van der Waals surface area (Å²) in [6.45, 7) is 1.20. The second-order valence-electron chi connectivity index (χ2n) is 7.32. The molecule has 2 N–H and O–H groups in total. The van der Waals surface area contributed by atoms with Gasteiger partial charge in [-0.25, -0.2) is 14.4 Å². The monoisotopic (exact) mass is 464 g/mol. The van der Waals surface area contributed by atoms with Gasteiger partial charge in [0.15, 0.2) is 5.82 Å². The van der Waals surface area contributed by atoms with E-state index < -0.39 is 0 Å². The van der Waals surface area contributed by atoms with Crippen LogP contribution >= 0.6 is 11.6 Å². The minimum Gasteiger partial charge on any atom is -0.368 e. The summed E-state index contributed by atoms with van der Waals surface area (Å²) in [5, 5.41) is 7.41. The summed E-state index contributed by atoms with van der Waals surface area (Å²) in [5.74, 6) is 0.527. The van der Waals surface area contributed by atoms with E-state index in [0.717, 1.165) is 10.9 Å². The first-order valence-electron chi connectivity index (χ1n) is 10.4. The zero-order valence-corrected chi connectivity index (χ0v) is 18.5. The second-order valence-corrected chi connectivity index (χ2v) is 7.76. The molecule has 0 aliphatic rings. The lowest BCUT2D eigenvalue weighted by atomic mass is 10.2. The van der Waals surface area contributed by atoms with Crippen molar-refractivity contribution in [3.63, 3.8) is 0 Å². The first-order valence-corrected chi connectivity index (χ1v) is 10.8.